The Morgan fingerprint density at radius 1 is 1.46 bits per heavy atom. The number of hydrogen-bond acceptors (Lipinski definition) is 6. The summed E-state index contributed by atoms with van der Waals surface area (Å²) in [5, 5.41) is 3.69. The first kappa shape index (κ1) is 18.0. The van der Waals surface area contributed by atoms with Crippen LogP contribution in [0.15, 0.2) is 34.2 Å². The number of terminal acetylenes is 1. The molecule has 8 heteroatoms. The molecule has 132 valence electrons. The van der Waals surface area contributed by atoms with E-state index in [0.717, 1.165) is 0 Å². The number of para-hydroxylation sites is 2. The molecule has 1 aromatic carbocycles. The highest BCUT2D eigenvalue weighted by atomic mass is 32.2. The monoisotopic (exact) mass is 385 g/mol. The molecule has 0 aliphatic heterocycles. The zero-order valence-corrected chi connectivity index (χ0v) is 15.7. The lowest BCUT2D eigenvalue weighted by molar-refractivity contribution is 0.102. The van der Waals surface area contributed by atoms with E-state index < -0.39 is 0 Å². The molecule has 0 spiro atoms. The number of carbonyl (C=O) groups excluding carboxylic acids is 1. The number of thiophene rings is 1. The van der Waals surface area contributed by atoms with Crippen LogP contribution in [0.1, 0.15) is 15.2 Å². The molecule has 0 aliphatic carbocycles. The van der Waals surface area contributed by atoms with E-state index in [1.807, 2.05) is 6.07 Å². The van der Waals surface area contributed by atoms with Gasteiger partial charge in [-0.3, -0.25) is 9.59 Å². The maximum absolute atomic E-state index is 12.7. The number of aromatic amines is 1. The number of thioether (sulfide) groups is 1. The fraction of sp³-hybridized carbons (Fsp3) is 0.167. The number of ether oxygens (including phenoxy) is 1. The predicted octanol–water partition coefficient (Wildman–Crippen LogP) is 3.28. The Morgan fingerprint density at radius 3 is 2.96 bits per heavy atom. The van der Waals surface area contributed by atoms with E-state index in [0.29, 0.717) is 43.0 Å². The molecule has 0 radical (unpaired) electrons. The second-order valence-electron chi connectivity index (χ2n) is 5.25. The van der Waals surface area contributed by atoms with E-state index in [4.69, 9.17) is 11.2 Å². The van der Waals surface area contributed by atoms with Crippen molar-refractivity contribution < 1.29 is 9.53 Å². The SMILES string of the molecule is C#CCSc1nc2sc(C(=O)Nc3ccccc3OC)c(C)c2c(=O)[nH]1. The highest BCUT2D eigenvalue weighted by Gasteiger charge is 2.20. The van der Waals surface area contributed by atoms with Gasteiger partial charge in [-0.05, 0) is 24.6 Å². The minimum absolute atomic E-state index is 0.278. The van der Waals surface area contributed by atoms with E-state index in [-0.39, 0.29) is 11.5 Å². The Labute approximate surface area is 158 Å². The van der Waals surface area contributed by atoms with Crippen molar-refractivity contribution in [2.45, 2.75) is 12.1 Å². The van der Waals surface area contributed by atoms with Crippen molar-refractivity contribution in [1.82, 2.24) is 9.97 Å². The van der Waals surface area contributed by atoms with Gasteiger partial charge in [0.1, 0.15) is 10.6 Å². The Hall–Kier alpha value is -2.76. The second kappa shape index (κ2) is 7.64. The predicted molar refractivity (Wildman–Crippen MR) is 105 cm³/mol. The van der Waals surface area contributed by atoms with Crippen molar-refractivity contribution in [3.8, 4) is 18.1 Å². The molecule has 2 aromatic heterocycles. The number of hydrogen-bond donors (Lipinski definition) is 2. The summed E-state index contributed by atoms with van der Waals surface area (Å²) < 4.78 is 5.25. The van der Waals surface area contributed by atoms with E-state index >= 15 is 0 Å². The van der Waals surface area contributed by atoms with Gasteiger partial charge in [0.25, 0.3) is 11.5 Å². The minimum Gasteiger partial charge on any atom is -0.495 e. The molecule has 0 atom stereocenters. The van der Waals surface area contributed by atoms with Crippen LogP contribution < -0.4 is 15.6 Å². The van der Waals surface area contributed by atoms with E-state index in [1.54, 1.807) is 25.1 Å². The molecule has 0 saturated carbocycles. The van der Waals surface area contributed by atoms with E-state index in [9.17, 15) is 9.59 Å². The Kier molecular flexibility index (Phi) is 5.30. The highest BCUT2D eigenvalue weighted by Crippen LogP contribution is 2.30. The largest absolute Gasteiger partial charge is 0.495 e. The van der Waals surface area contributed by atoms with Crippen LogP contribution in [0.25, 0.3) is 10.2 Å². The van der Waals surface area contributed by atoms with Gasteiger partial charge in [-0.1, -0.05) is 29.8 Å². The first-order chi connectivity index (χ1) is 12.5. The fourth-order valence-electron chi connectivity index (χ4n) is 2.45. The van der Waals surface area contributed by atoms with Crippen LogP contribution in [-0.4, -0.2) is 28.7 Å². The van der Waals surface area contributed by atoms with Crippen LogP contribution in [0.2, 0.25) is 0 Å². The maximum atomic E-state index is 12.7. The molecule has 0 saturated heterocycles. The number of aryl methyl sites for hydroxylation is 1. The van der Waals surface area contributed by atoms with Gasteiger partial charge in [-0.25, -0.2) is 4.98 Å². The number of benzene rings is 1. The van der Waals surface area contributed by atoms with Gasteiger partial charge in [0.15, 0.2) is 5.16 Å². The normalized spacial score (nSPS) is 10.5. The quantitative estimate of drug-likeness (QED) is 0.400. The summed E-state index contributed by atoms with van der Waals surface area (Å²) in [5.74, 6) is 3.13. The van der Waals surface area contributed by atoms with Gasteiger partial charge < -0.3 is 15.0 Å². The Balaban J connectivity index is 1.98. The van der Waals surface area contributed by atoms with Crippen molar-refractivity contribution in [3.05, 3.63) is 45.1 Å². The zero-order chi connectivity index (χ0) is 18.7. The van der Waals surface area contributed by atoms with Gasteiger partial charge in [-0.15, -0.1) is 17.8 Å². The Morgan fingerprint density at radius 2 is 2.23 bits per heavy atom. The lowest BCUT2D eigenvalue weighted by Gasteiger charge is -2.09. The number of amides is 1. The topological polar surface area (TPSA) is 84.1 Å². The molecule has 0 bridgehead atoms. The van der Waals surface area contributed by atoms with Crippen molar-refractivity contribution in [2.24, 2.45) is 0 Å². The fourth-order valence-corrected chi connectivity index (χ4v) is 4.12. The summed E-state index contributed by atoms with van der Waals surface area (Å²) in [6, 6.07) is 7.13. The van der Waals surface area contributed by atoms with Crippen LogP contribution in [0.4, 0.5) is 5.69 Å². The summed E-state index contributed by atoms with van der Waals surface area (Å²) in [6.07, 6.45) is 5.24. The van der Waals surface area contributed by atoms with Gasteiger partial charge in [0.2, 0.25) is 0 Å². The number of carbonyl (C=O) groups is 1. The molecule has 2 N–H and O–H groups in total. The number of nitrogens with one attached hydrogen (secondary N) is 2. The summed E-state index contributed by atoms with van der Waals surface area (Å²) in [6.45, 7) is 1.74. The summed E-state index contributed by atoms with van der Waals surface area (Å²) in [5.41, 5.74) is 0.878. The lowest BCUT2D eigenvalue weighted by atomic mass is 10.2. The van der Waals surface area contributed by atoms with Crippen LogP contribution >= 0.6 is 23.1 Å². The van der Waals surface area contributed by atoms with Gasteiger partial charge in [0, 0.05) is 0 Å². The number of rotatable bonds is 5. The molecule has 3 rings (SSSR count). The van der Waals surface area contributed by atoms with Crippen LogP contribution in [0, 0.1) is 19.3 Å². The molecule has 6 nitrogen and oxygen atoms in total. The third-order valence-corrected chi connectivity index (χ3v) is 5.59. The first-order valence-corrected chi connectivity index (χ1v) is 9.39. The average molecular weight is 385 g/mol. The second-order valence-corrected chi connectivity index (χ2v) is 7.22. The Bertz CT molecular complexity index is 1080. The third-order valence-electron chi connectivity index (χ3n) is 3.63. The molecular weight excluding hydrogens is 370 g/mol. The minimum atomic E-state index is -0.313. The third kappa shape index (κ3) is 3.45. The van der Waals surface area contributed by atoms with E-state index in [1.165, 1.54) is 30.2 Å². The van der Waals surface area contributed by atoms with Gasteiger partial charge in [-0.2, -0.15) is 0 Å². The molecule has 26 heavy (non-hydrogen) atoms. The molecule has 2 heterocycles. The molecular formula is C18H15N3O3S2. The summed E-state index contributed by atoms with van der Waals surface area (Å²) in [7, 11) is 1.54. The molecule has 3 aromatic rings. The van der Waals surface area contributed by atoms with Gasteiger partial charge >= 0.3 is 0 Å². The number of fused-ring (bicyclic) bond motifs is 1. The number of methoxy groups -OCH3 is 1. The van der Waals surface area contributed by atoms with Crippen molar-refractivity contribution in [3.63, 3.8) is 0 Å². The zero-order valence-electron chi connectivity index (χ0n) is 14.1. The maximum Gasteiger partial charge on any atom is 0.266 e. The summed E-state index contributed by atoms with van der Waals surface area (Å²) in [4.78, 5) is 33.1. The molecule has 0 fully saturated rings. The number of nitrogens with zero attached hydrogens (tertiary/aromatic N) is 1. The van der Waals surface area contributed by atoms with E-state index in [2.05, 4.69) is 21.2 Å². The van der Waals surface area contributed by atoms with Gasteiger partial charge in [0.05, 0.1) is 28.8 Å². The molecule has 0 unspecified atom stereocenters. The standard InChI is InChI=1S/C18H15N3O3S2/c1-4-9-25-18-20-15(22)13-10(2)14(26-17(13)21-18)16(23)19-11-7-5-6-8-12(11)24-3/h1,5-8H,9H2,2-3H3,(H,19,23)(H,20,21,22). The van der Waals surface area contributed by atoms with Crippen molar-refractivity contribution >= 4 is 44.9 Å². The number of aromatic nitrogens is 2. The van der Waals surface area contributed by atoms with Crippen LogP contribution in [-0.2, 0) is 0 Å². The molecule has 0 aliphatic rings. The highest BCUT2D eigenvalue weighted by molar-refractivity contribution is 7.99. The lowest BCUT2D eigenvalue weighted by Crippen LogP contribution is -2.13. The number of H-pyrrole nitrogens is 1. The molecule has 1 amide bonds. The average Bonchev–Trinajstić information content (AvgIpc) is 2.97. The first-order valence-electron chi connectivity index (χ1n) is 7.59. The van der Waals surface area contributed by atoms with Crippen molar-refractivity contribution in [2.75, 3.05) is 18.2 Å². The van der Waals surface area contributed by atoms with Crippen LogP contribution in [0.5, 0.6) is 5.75 Å². The van der Waals surface area contributed by atoms with Crippen LogP contribution in [0.3, 0.4) is 0 Å². The number of anilines is 1. The summed E-state index contributed by atoms with van der Waals surface area (Å²) >= 11 is 2.44. The van der Waals surface area contributed by atoms with Crippen molar-refractivity contribution in [1.29, 1.82) is 0 Å². The smallest absolute Gasteiger partial charge is 0.266 e.